The zero-order valence-electron chi connectivity index (χ0n) is 7.40. The van der Waals surface area contributed by atoms with Gasteiger partial charge in [-0.1, -0.05) is 0 Å². The summed E-state index contributed by atoms with van der Waals surface area (Å²) in [7, 11) is 0. The van der Waals surface area contributed by atoms with Gasteiger partial charge in [-0.05, 0) is 24.3 Å². The number of benzene rings is 1. The Kier molecular flexibility index (Phi) is 2.44. The molecule has 3 nitrogen and oxygen atoms in total. The van der Waals surface area contributed by atoms with Crippen LogP contribution in [-0.4, -0.2) is 4.98 Å². The van der Waals surface area contributed by atoms with E-state index in [0.29, 0.717) is 6.54 Å². The number of nitrogens with zero attached hydrogens (tertiary/aromatic N) is 1. The first-order valence-electron chi connectivity index (χ1n) is 4.21. The number of nitrogens with one attached hydrogen (secondary N) is 1. The molecule has 0 saturated carbocycles. The second-order valence-corrected chi connectivity index (χ2v) is 2.83. The van der Waals surface area contributed by atoms with Crippen LogP contribution < -0.4 is 5.32 Å². The lowest BCUT2D eigenvalue weighted by Crippen LogP contribution is -1.97. The standard InChI is InChI=1S/C10H9FN2O/c11-8-1-3-9(4-2-8)13-6-10-5-12-7-14-10/h1-5,7,13H,6H2. The normalized spacial score (nSPS) is 10.1. The molecule has 0 aliphatic carbocycles. The molecule has 0 fully saturated rings. The van der Waals surface area contributed by atoms with Crippen molar-refractivity contribution in [2.45, 2.75) is 6.54 Å². The number of hydrogen-bond acceptors (Lipinski definition) is 3. The van der Waals surface area contributed by atoms with E-state index in [1.165, 1.54) is 18.5 Å². The van der Waals surface area contributed by atoms with Gasteiger partial charge in [-0.15, -0.1) is 0 Å². The predicted octanol–water partition coefficient (Wildman–Crippen LogP) is 2.43. The molecule has 0 radical (unpaired) electrons. The molecule has 1 aromatic heterocycles. The molecular weight excluding hydrogens is 183 g/mol. The first-order chi connectivity index (χ1) is 6.84. The zero-order chi connectivity index (χ0) is 9.80. The lowest BCUT2D eigenvalue weighted by molar-refractivity contribution is 0.511. The van der Waals surface area contributed by atoms with Crippen molar-refractivity contribution in [1.82, 2.24) is 4.98 Å². The van der Waals surface area contributed by atoms with Crippen LogP contribution in [-0.2, 0) is 6.54 Å². The van der Waals surface area contributed by atoms with Crippen LogP contribution in [0.15, 0.2) is 41.3 Å². The Hall–Kier alpha value is -1.84. The van der Waals surface area contributed by atoms with Crippen molar-refractivity contribution in [3.05, 3.63) is 48.4 Å². The van der Waals surface area contributed by atoms with Gasteiger partial charge < -0.3 is 9.73 Å². The minimum atomic E-state index is -0.241. The lowest BCUT2D eigenvalue weighted by atomic mass is 10.3. The Morgan fingerprint density at radius 2 is 2.07 bits per heavy atom. The van der Waals surface area contributed by atoms with Crippen molar-refractivity contribution < 1.29 is 8.81 Å². The monoisotopic (exact) mass is 192 g/mol. The third-order valence-corrected chi connectivity index (χ3v) is 1.79. The molecule has 2 rings (SSSR count). The van der Waals surface area contributed by atoms with Crippen LogP contribution in [0.1, 0.15) is 5.76 Å². The van der Waals surface area contributed by atoms with Crippen LogP contribution in [0.4, 0.5) is 10.1 Å². The second-order valence-electron chi connectivity index (χ2n) is 2.83. The molecule has 0 aliphatic heterocycles. The lowest BCUT2D eigenvalue weighted by Gasteiger charge is -2.02. The van der Waals surface area contributed by atoms with E-state index < -0.39 is 0 Å². The SMILES string of the molecule is Fc1ccc(NCc2cnco2)cc1. The number of hydrogen-bond donors (Lipinski definition) is 1. The maximum Gasteiger partial charge on any atom is 0.180 e. The van der Waals surface area contributed by atoms with E-state index >= 15 is 0 Å². The van der Waals surface area contributed by atoms with E-state index in [1.807, 2.05) is 0 Å². The molecule has 2 aromatic rings. The van der Waals surface area contributed by atoms with Gasteiger partial charge in [0.25, 0.3) is 0 Å². The molecule has 72 valence electrons. The first kappa shape index (κ1) is 8.74. The van der Waals surface area contributed by atoms with E-state index in [1.54, 1.807) is 18.3 Å². The van der Waals surface area contributed by atoms with Crippen LogP contribution in [0.3, 0.4) is 0 Å². The summed E-state index contributed by atoms with van der Waals surface area (Å²) in [5.74, 6) is 0.504. The average Bonchev–Trinajstić information content (AvgIpc) is 2.70. The molecule has 0 atom stereocenters. The summed E-state index contributed by atoms with van der Waals surface area (Å²) in [6, 6.07) is 6.16. The number of oxazole rings is 1. The second kappa shape index (κ2) is 3.91. The third kappa shape index (κ3) is 2.10. The molecule has 0 aliphatic rings. The van der Waals surface area contributed by atoms with Crippen LogP contribution in [0.2, 0.25) is 0 Å². The third-order valence-electron chi connectivity index (χ3n) is 1.79. The smallest absolute Gasteiger partial charge is 0.180 e. The molecule has 1 aromatic carbocycles. The van der Waals surface area contributed by atoms with Crippen LogP contribution >= 0.6 is 0 Å². The largest absolute Gasteiger partial charge is 0.447 e. The summed E-state index contributed by atoms with van der Waals surface area (Å²) < 4.78 is 17.6. The first-order valence-corrected chi connectivity index (χ1v) is 4.21. The Labute approximate surface area is 80.6 Å². The predicted molar refractivity (Wildman–Crippen MR) is 50.2 cm³/mol. The number of anilines is 1. The van der Waals surface area contributed by atoms with Crippen molar-refractivity contribution >= 4 is 5.69 Å². The molecule has 0 saturated heterocycles. The summed E-state index contributed by atoms with van der Waals surface area (Å²) in [6.07, 6.45) is 3.01. The summed E-state index contributed by atoms with van der Waals surface area (Å²) in [6.45, 7) is 0.547. The molecule has 0 amide bonds. The van der Waals surface area contributed by atoms with Crippen molar-refractivity contribution in [2.75, 3.05) is 5.32 Å². The van der Waals surface area contributed by atoms with Crippen LogP contribution in [0.25, 0.3) is 0 Å². The highest BCUT2D eigenvalue weighted by Gasteiger charge is 1.96. The van der Waals surface area contributed by atoms with E-state index in [-0.39, 0.29) is 5.82 Å². The fourth-order valence-electron chi connectivity index (χ4n) is 1.09. The number of rotatable bonds is 3. The number of aromatic nitrogens is 1. The molecular formula is C10H9FN2O. The summed E-state index contributed by atoms with van der Waals surface area (Å²) in [4.78, 5) is 3.78. The fraction of sp³-hybridized carbons (Fsp3) is 0.100. The highest BCUT2D eigenvalue weighted by Crippen LogP contribution is 2.09. The molecule has 0 spiro atoms. The van der Waals surface area contributed by atoms with E-state index in [9.17, 15) is 4.39 Å². The van der Waals surface area contributed by atoms with Gasteiger partial charge in [0.05, 0.1) is 12.7 Å². The van der Waals surface area contributed by atoms with E-state index in [4.69, 9.17) is 4.42 Å². The van der Waals surface area contributed by atoms with Gasteiger partial charge in [-0.3, -0.25) is 0 Å². The average molecular weight is 192 g/mol. The Morgan fingerprint density at radius 1 is 1.29 bits per heavy atom. The molecule has 1 N–H and O–H groups in total. The van der Waals surface area contributed by atoms with Crippen molar-refractivity contribution in [3.63, 3.8) is 0 Å². The van der Waals surface area contributed by atoms with Gasteiger partial charge in [0, 0.05) is 5.69 Å². The zero-order valence-corrected chi connectivity index (χ0v) is 7.40. The molecule has 0 bridgehead atoms. The van der Waals surface area contributed by atoms with E-state index in [0.717, 1.165) is 11.4 Å². The van der Waals surface area contributed by atoms with Gasteiger partial charge in [-0.25, -0.2) is 9.37 Å². The molecule has 0 unspecified atom stereocenters. The van der Waals surface area contributed by atoms with Gasteiger partial charge >= 0.3 is 0 Å². The quantitative estimate of drug-likeness (QED) is 0.811. The summed E-state index contributed by atoms with van der Waals surface area (Å²) in [5.41, 5.74) is 0.850. The van der Waals surface area contributed by atoms with Gasteiger partial charge in [0.15, 0.2) is 6.39 Å². The minimum absolute atomic E-state index is 0.241. The van der Waals surface area contributed by atoms with Gasteiger partial charge in [0.1, 0.15) is 11.6 Å². The van der Waals surface area contributed by atoms with E-state index in [2.05, 4.69) is 10.3 Å². The number of halogens is 1. The summed E-state index contributed by atoms with van der Waals surface area (Å²) in [5, 5.41) is 3.07. The maximum absolute atomic E-state index is 12.5. The Morgan fingerprint density at radius 3 is 2.71 bits per heavy atom. The fourth-order valence-corrected chi connectivity index (χ4v) is 1.09. The Balaban J connectivity index is 1.95. The molecule has 4 heteroatoms. The van der Waals surface area contributed by atoms with Crippen molar-refractivity contribution in [2.24, 2.45) is 0 Å². The highest BCUT2D eigenvalue weighted by molar-refractivity contribution is 5.42. The Bertz CT molecular complexity index is 383. The minimum Gasteiger partial charge on any atom is -0.447 e. The maximum atomic E-state index is 12.5. The molecule has 14 heavy (non-hydrogen) atoms. The van der Waals surface area contributed by atoms with Crippen LogP contribution in [0.5, 0.6) is 0 Å². The molecule has 1 heterocycles. The van der Waals surface area contributed by atoms with Crippen LogP contribution in [0, 0.1) is 5.82 Å². The van der Waals surface area contributed by atoms with Gasteiger partial charge in [-0.2, -0.15) is 0 Å². The van der Waals surface area contributed by atoms with Gasteiger partial charge in [0.2, 0.25) is 0 Å². The van der Waals surface area contributed by atoms with Crippen molar-refractivity contribution in [3.8, 4) is 0 Å². The van der Waals surface area contributed by atoms with Crippen molar-refractivity contribution in [1.29, 1.82) is 0 Å². The highest BCUT2D eigenvalue weighted by atomic mass is 19.1. The topological polar surface area (TPSA) is 38.1 Å². The summed E-state index contributed by atoms with van der Waals surface area (Å²) >= 11 is 0.